The topological polar surface area (TPSA) is 68.5 Å². The number of anilines is 1. The Bertz CT molecular complexity index is 845. The number of hydrogen-bond donors (Lipinski definition) is 1. The molecule has 0 unspecified atom stereocenters. The van der Waals surface area contributed by atoms with Gasteiger partial charge in [0.05, 0.1) is 22.9 Å². The van der Waals surface area contributed by atoms with Crippen molar-refractivity contribution in [2.24, 2.45) is 11.1 Å². The number of benzene rings is 1. The predicted octanol–water partition coefficient (Wildman–Crippen LogP) is 3.26. The third-order valence-corrected chi connectivity index (χ3v) is 5.97. The number of aromatic nitrogens is 1. The van der Waals surface area contributed by atoms with E-state index in [4.69, 9.17) is 10.5 Å². The van der Waals surface area contributed by atoms with Gasteiger partial charge in [0.2, 0.25) is 5.91 Å². The van der Waals surface area contributed by atoms with Crippen molar-refractivity contribution >= 4 is 22.5 Å². The number of amides is 1. The van der Waals surface area contributed by atoms with Gasteiger partial charge in [-0.05, 0) is 56.1 Å². The molecule has 2 N–H and O–H groups in total. The van der Waals surface area contributed by atoms with Crippen LogP contribution in [0.1, 0.15) is 48.9 Å². The summed E-state index contributed by atoms with van der Waals surface area (Å²) in [6.07, 6.45) is 9.50. The first-order chi connectivity index (χ1) is 12.1. The minimum absolute atomic E-state index is 0.341. The van der Waals surface area contributed by atoms with Crippen LogP contribution in [0.4, 0.5) is 5.69 Å². The van der Waals surface area contributed by atoms with Crippen LogP contribution < -0.4 is 15.4 Å². The highest BCUT2D eigenvalue weighted by Crippen LogP contribution is 2.54. The maximum atomic E-state index is 11.5. The molecular formula is C20H23N3O2. The summed E-state index contributed by atoms with van der Waals surface area (Å²) in [4.78, 5) is 18.5. The zero-order chi connectivity index (χ0) is 17.0. The van der Waals surface area contributed by atoms with Crippen LogP contribution in [0.2, 0.25) is 0 Å². The quantitative estimate of drug-likeness (QED) is 0.930. The summed E-state index contributed by atoms with van der Waals surface area (Å²) in [6, 6.07) is 5.95. The normalized spacial score (nSPS) is 21.5. The summed E-state index contributed by atoms with van der Waals surface area (Å²) >= 11 is 0. The summed E-state index contributed by atoms with van der Waals surface area (Å²) < 4.78 is 6.05. The van der Waals surface area contributed by atoms with Gasteiger partial charge in [-0.15, -0.1) is 0 Å². The summed E-state index contributed by atoms with van der Waals surface area (Å²) in [5.41, 5.74) is 8.57. The lowest BCUT2D eigenvalue weighted by molar-refractivity contribution is 0.1000. The molecule has 2 aromatic rings. The average molecular weight is 337 g/mol. The first-order valence-electron chi connectivity index (χ1n) is 9.27. The van der Waals surface area contributed by atoms with Crippen molar-refractivity contribution in [1.29, 1.82) is 0 Å². The van der Waals surface area contributed by atoms with Crippen LogP contribution in [0.5, 0.6) is 5.75 Å². The largest absolute Gasteiger partial charge is 0.490 e. The maximum Gasteiger partial charge on any atom is 0.250 e. The van der Waals surface area contributed by atoms with E-state index in [1.165, 1.54) is 25.7 Å². The Kier molecular flexibility index (Phi) is 3.21. The number of primary amides is 1. The van der Waals surface area contributed by atoms with Crippen LogP contribution in [0, 0.1) is 5.41 Å². The molecule has 2 saturated carbocycles. The standard InChI is InChI=1S/C20H23N3O2/c21-19(24)14-9-13-10-16(25-15-1-2-15)11-17(18(13)22-12-14)23-7-5-20(3-4-20)6-8-23/h9-12,15H,1-8H2,(H2,21,24). The van der Waals surface area contributed by atoms with Gasteiger partial charge in [0.15, 0.2) is 0 Å². The molecular weight excluding hydrogens is 314 g/mol. The van der Waals surface area contributed by atoms with Crippen LogP contribution in [0.25, 0.3) is 10.9 Å². The smallest absolute Gasteiger partial charge is 0.250 e. The van der Waals surface area contributed by atoms with E-state index >= 15 is 0 Å². The molecule has 1 aromatic heterocycles. The van der Waals surface area contributed by atoms with Crippen LogP contribution in [-0.2, 0) is 0 Å². The van der Waals surface area contributed by atoms with Gasteiger partial charge in [-0.1, -0.05) is 0 Å². The number of hydrogen-bond acceptors (Lipinski definition) is 4. The molecule has 0 bridgehead atoms. The fourth-order valence-corrected chi connectivity index (χ4v) is 3.92. The highest BCUT2D eigenvalue weighted by atomic mass is 16.5. The number of carbonyl (C=O) groups excluding carboxylic acids is 1. The summed E-state index contributed by atoms with van der Waals surface area (Å²) in [5.74, 6) is 0.429. The summed E-state index contributed by atoms with van der Waals surface area (Å²) in [5, 5.41) is 0.927. The van der Waals surface area contributed by atoms with Gasteiger partial charge in [0.25, 0.3) is 0 Å². The average Bonchev–Trinajstić information content (AvgIpc) is 3.53. The fourth-order valence-electron chi connectivity index (χ4n) is 3.92. The molecule has 5 rings (SSSR count). The van der Waals surface area contributed by atoms with Crippen molar-refractivity contribution in [1.82, 2.24) is 4.98 Å². The highest BCUT2D eigenvalue weighted by Gasteiger charge is 2.44. The molecule has 1 amide bonds. The van der Waals surface area contributed by atoms with Crippen LogP contribution in [-0.4, -0.2) is 30.1 Å². The van der Waals surface area contributed by atoms with Crippen molar-refractivity contribution in [2.45, 2.75) is 44.6 Å². The number of fused-ring (bicyclic) bond motifs is 1. The Hall–Kier alpha value is -2.30. The van der Waals surface area contributed by atoms with Crippen molar-refractivity contribution in [2.75, 3.05) is 18.0 Å². The van der Waals surface area contributed by atoms with E-state index in [9.17, 15) is 4.79 Å². The number of pyridine rings is 1. The minimum Gasteiger partial charge on any atom is -0.490 e. The lowest BCUT2D eigenvalue weighted by atomic mass is 9.93. The van der Waals surface area contributed by atoms with Crippen molar-refractivity contribution in [3.8, 4) is 5.75 Å². The number of nitrogens with zero attached hydrogens (tertiary/aromatic N) is 2. The molecule has 3 fully saturated rings. The Morgan fingerprint density at radius 3 is 2.56 bits per heavy atom. The Balaban J connectivity index is 1.55. The van der Waals surface area contributed by atoms with Gasteiger partial charge in [-0.25, -0.2) is 0 Å². The molecule has 1 saturated heterocycles. The fraction of sp³-hybridized carbons (Fsp3) is 0.500. The first-order valence-corrected chi connectivity index (χ1v) is 9.27. The predicted molar refractivity (Wildman–Crippen MR) is 97.0 cm³/mol. The number of rotatable bonds is 4. The van der Waals surface area contributed by atoms with Gasteiger partial charge >= 0.3 is 0 Å². The second-order valence-electron chi connectivity index (χ2n) is 7.91. The van der Waals surface area contributed by atoms with E-state index in [1.54, 1.807) is 6.20 Å². The zero-order valence-corrected chi connectivity index (χ0v) is 14.3. The monoisotopic (exact) mass is 337 g/mol. The van der Waals surface area contributed by atoms with Gasteiger partial charge in [-0.3, -0.25) is 9.78 Å². The molecule has 0 radical (unpaired) electrons. The van der Waals surface area contributed by atoms with Crippen LogP contribution in [0.15, 0.2) is 24.4 Å². The molecule has 1 spiro atoms. The third-order valence-electron chi connectivity index (χ3n) is 5.97. The zero-order valence-electron chi connectivity index (χ0n) is 14.3. The molecule has 5 nitrogen and oxygen atoms in total. The number of piperidine rings is 1. The number of carbonyl (C=O) groups is 1. The lowest BCUT2D eigenvalue weighted by Crippen LogP contribution is -2.34. The highest BCUT2D eigenvalue weighted by molar-refractivity contribution is 5.99. The molecule has 1 aromatic carbocycles. The number of nitrogens with two attached hydrogens (primary N) is 1. The van der Waals surface area contributed by atoms with E-state index in [1.807, 2.05) is 12.1 Å². The Morgan fingerprint density at radius 2 is 1.92 bits per heavy atom. The molecule has 5 heteroatoms. The van der Waals surface area contributed by atoms with E-state index in [2.05, 4.69) is 16.0 Å². The van der Waals surface area contributed by atoms with E-state index in [0.717, 1.165) is 48.3 Å². The molecule has 130 valence electrons. The van der Waals surface area contributed by atoms with Gasteiger partial charge in [0, 0.05) is 30.7 Å². The molecule has 2 aliphatic carbocycles. The summed E-state index contributed by atoms with van der Waals surface area (Å²) in [7, 11) is 0. The first kappa shape index (κ1) is 15.0. The van der Waals surface area contributed by atoms with E-state index in [-0.39, 0.29) is 0 Å². The van der Waals surface area contributed by atoms with E-state index in [0.29, 0.717) is 17.1 Å². The van der Waals surface area contributed by atoms with Gasteiger partial charge in [-0.2, -0.15) is 0 Å². The second-order valence-corrected chi connectivity index (χ2v) is 7.91. The molecule has 0 atom stereocenters. The minimum atomic E-state index is -0.446. The molecule has 1 aliphatic heterocycles. The van der Waals surface area contributed by atoms with E-state index < -0.39 is 5.91 Å². The van der Waals surface area contributed by atoms with Gasteiger partial charge in [0.1, 0.15) is 5.75 Å². The van der Waals surface area contributed by atoms with Crippen molar-refractivity contribution in [3.63, 3.8) is 0 Å². The van der Waals surface area contributed by atoms with Gasteiger partial charge < -0.3 is 15.4 Å². The second kappa shape index (κ2) is 5.35. The summed E-state index contributed by atoms with van der Waals surface area (Å²) in [6.45, 7) is 2.14. The lowest BCUT2D eigenvalue weighted by Gasteiger charge is -2.34. The van der Waals surface area contributed by atoms with Crippen molar-refractivity contribution < 1.29 is 9.53 Å². The Morgan fingerprint density at radius 1 is 1.16 bits per heavy atom. The molecule has 3 aliphatic rings. The number of ether oxygens (including phenoxy) is 1. The Labute approximate surface area is 147 Å². The molecule has 2 heterocycles. The SMILES string of the molecule is NC(=O)c1cnc2c(N3CCC4(CC3)CC4)cc(OC3CC3)cc2c1. The maximum absolute atomic E-state index is 11.5. The van der Waals surface area contributed by atoms with Crippen molar-refractivity contribution in [3.05, 3.63) is 30.0 Å². The third kappa shape index (κ3) is 2.81. The van der Waals surface area contributed by atoms with Crippen LogP contribution in [0.3, 0.4) is 0 Å². The van der Waals surface area contributed by atoms with Crippen LogP contribution >= 0.6 is 0 Å². The molecule has 25 heavy (non-hydrogen) atoms.